The number of aryl methyl sites for hydroxylation is 2. The van der Waals surface area contributed by atoms with Crippen LogP contribution in [0.4, 0.5) is 5.69 Å². The van der Waals surface area contributed by atoms with Crippen molar-refractivity contribution in [1.29, 1.82) is 0 Å². The van der Waals surface area contributed by atoms with Gasteiger partial charge in [0.2, 0.25) is 0 Å². The molecule has 3 nitrogen and oxygen atoms in total. The van der Waals surface area contributed by atoms with Crippen LogP contribution >= 0.6 is 0 Å². The standard InChI is InChI=1S/C15H17NO2/c1-9(2)5-6-16-13-11(4)7-10(3)8-12(13)14(17)15(16)18/h7-8H,1,5-6H2,2-4H3. The Hall–Kier alpha value is -1.90. The number of carbonyl (C=O) groups excluding carboxylic acids is 2. The van der Waals surface area contributed by atoms with Gasteiger partial charge in [0.25, 0.3) is 11.7 Å². The second-order valence-corrected chi connectivity index (χ2v) is 4.97. The van der Waals surface area contributed by atoms with Crippen LogP contribution in [-0.4, -0.2) is 18.2 Å². The third kappa shape index (κ3) is 1.96. The number of fused-ring (bicyclic) bond motifs is 1. The number of hydrogen-bond donors (Lipinski definition) is 0. The first kappa shape index (κ1) is 12.6. The summed E-state index contributed by atoms with van der Waals surface area (Å²) in [5.74, 6) is -0.807. The molecule has 94 valence electrons. The lowest BCUT2D eigenvalue weighted by Gasteiger charge is -2.18. The van der Waals surface area contributed by atoms with Gasteiger partial charge in [-0.05, 0) is 44.4 Å². The predicted molar refractivity (Wildman–Crippen MR) is 72.0 cm³/mol. The molecule has 0 aromatic heterocycles. The predicted octanol–water partition coefficient (Wildman–Crippen LogP) is 2.80. The van der Waals surface area contributed by atoms with E-state index >= 15 is 0 Å². The molecular weight excluding hydrogens is 226 g/mol. The van der Waals surface area contributed by atoms with Crippen LogP contribution in [0.15, 0.2) is 24.3 Å². The molecular formula is C15H17NO2. The highest BCUT2D eigenvalue weighted by Crippen LogP contribution is 2.33. The second kappa shape index (κ2) is 4.41. The molecule has 3 heteroatoms. The van der Waals surface area contributed by atoms with E-state index in [0.717, 1.165) is 22.4 Å². The summed E-state index contributed by atoms with van der Waals surface area (Å²) in [5.41, 5.74) is 4.31. The fourth-order valence-corrected chi connectivity index (χ4v) is 2.35. The number of rotatable bonds is 3. The van der Waals surface area contributed by atoms with Crippen molar-refractivity contribution in [2.75, 3.05) is 11.4 Å². The molecule has 2 rings (SSSR count). The highest BCUT2D eigenvalue weighted by atomic mass is 16.2. The first-order valence-corrected chi connectivity index (χ1v) is 6.03. The fraction of sp³-hybridized carbons (Fsp3) is 0.333. The average Bonchev–Trinajstić information content (AvgIpc) is 2.51. The van der Waals surface area contributed by atoms with E-state index in [2.05, 4.69) is 6.58 Å². The molecule has 1 aromatic rings. The highest BCUT2D eigenvalue weighted by Gasteiger charge is 2.36. The van der Waals surface area contributed by atoms with E-state index in [9.17, 15) is 9.59 Å². The second-order valence-electron chi connectivity index (χ2n) is 4.97. The third-order valence-corrected chi connectivity index (χ3v) is 3.16. The number of hydrogen-bond acceptors (Lipinski definition) is 2. The zero-order valence-electron chi connectivity index (χ0n) is 11.0. The molecule has 1 amide bonds. The van der Waals surface area contributed by atoms with Crippen LogP contribution in [0.5, 0.6) is 0 Å². The Morgan fingerprint density at radius 1 is 1.28 bits per heavy atom. The van der Waals surface area contributed by atoms with E-state index in [1.165, 1.54) is 0 Å². The van der Waals surface area contributed by atoms with Gasteiger partial charge in [0.15, 0.2) is 0 Å². The zero-order valence-corrected chi connectivity index (χ0v) is 11.0. The minimum absolute atomic E-state index is 0.390. The molecule has 18 heavy (non-hydrogen) atoms. The van der Waals surface area contributed by atoms with Crippen LogP contribution in [0, 0.1) is 13.8 Å². The molecule has 1 aromatic carbocycles. The molecule has 1 aliphatic heterocycles. The van der Waals surface area contributed by atoms with Crippen LogP contribution in [0.25, 0.3) is 0 Å². The molecule has 0 N–H and O–H groups in total. The van der Waals surface area contributed by atoms with E-state index in [1.807, 2.05) is 26.8 Å². The molecule has 1 aliphatic rings. The maximum absolute atomic E-state index is 12.0. The van der Waals surface area contributed by atoms with Crippen LogP contribution in [-0.2, 0) is 4.79 Å². The monoisotopic (exact) mass is 243 g/mol. The minimum atomic E-state index is -0.417. The van der Waals surface area contributed by atoms with Gasteiger partial charge in [0, 0.05) is 6.54 Å². The van der Waals surface area contributed by atoms with Gasteiger partial charge in [-0.25, -0.2) is 0 Å². The highest BCUT2D eigenvalue weighted by molar-refractivity contribution is 6.52. The van der Waals surface area contributed by atoms with Gasteiger partial charge in [0.05, 0.1) is 11.3 Å². The molecule has 1 heterocycles. The van der Waals surface area contributed by atoms with Crippen LogP contribution in [0.1, 0.15) is 34.8 Å². The van der Waals surface area contributed by atoms with Crippen LogP contribution in [0.3, 0.4) is 0 Å². The van der Waals surface area contributed by atoms with Gasteiger partial charge < -0.3 is 4.90 Å². The van der Waals surface area contributed by atoms with E-state index in [0.29, 0.717) is 18.5 Å². The quantitative estimate of drug-likeness (QED) is 0.604. The smallest absolute Gasteiger partial charge is 0.299 e. The zero-order chi connectivity index (χ0) is 13.4. The maximum atomic E-state index is 12.0. The molecule has 0 saturated carbocycles. The van der Waals surface area contributed by atoms with Gasteiger partial charge in [-0.2, -0.15) is 0 Å². The van der Waals surface area contributed by atoms with Crippen molar-refractivity contribution >= 4 is 17.4 Å². The molecule has 0 saturated heterocycles. The van der Waals surface area contributed by atoms with E-state index < -0.39 is 11.7 Å². The molecule has 0 bridgehead atoms. The summed E-state index contributed by atoms with van der Waals surface area (Å²) in [6.07, 6.45) is 0.714. The molecule has 0 aliphatic carbocycles. The minimum Gasteiger partial charge on any atom is -0.304 e. The topological polar surface area (TPSA) is 37.4 Å². The molecule has 0 atom stereocenters. The summed E-state index contributed by atoms with van der Waals surface area (Å²) in [6.45, 7) is 10.1. The maximum Gasteiger partial charge on any atom is 0.299 e. The van der Waals surface area contributed by atoms with Crippen molar-refractivity contribution in [3.63, 3.8) is 0 Å². The molecule has 0 spiro atoms. The van der Waals surface area contributed by atoms with Crippen molar-refractivity contribution in [3.05, 3.63) is 41.0 Å². The summed E-state index contributed by atoms with van der Waals surface area (Å²) < 4.78 is 0. The number of amides is 1. The first-order valence-electron chi connectivity index (χ1n) is 6.03. The first-order chi connectivity index (χ1) is 8.41. The van der Waals surface area contributed by atoms with Crippen molar-refractivity contribution < 1.29 is 9.59 Å². The van der Waals surface area contributed by atoms with Gasteiger partial charge in [-0.3, -0.25) is 9.59 Å². The number of carbonyl (C=O) groups is 2. The lowest BCUT2D eigenvalue weighted by atomic mass is 10.0. The number of anilines is 1. The van der Waals surface area contributed by atoms with E-state index in [4.69, 9.17) is 0 Å². The summed E-state index contributed by atoms with van der Waals surface area (Å²) >= 11 is 0. The average molecular weight is 243 g/mol. The van der Waals surface area contributed by atoms with Gasteiger partial charge in [-0.15, -0.1) is 6.58 Å². The summed E-state index contributed by atoms with van der Waals surface area (Å²) in [4.78, 5) is 25.5. The summed E-state index contributed by atoms with van der Waals surface area (Å²) in [6, 6.07) is 3.79. The number of Topliss-reactive ketones (excluding diaryl/α,β-unsaturated/α-hetero) is 1. The van der Waals surface area contributed by atoms with Crippen LogP contribution < -0.4 is 4.90 Å². The normalized spacial score (nSPS) is 14.1. The number of ketones is 1. The van der Waals surface area contributed by atoms with Gasteiger partial charge in [0.1, 0.15) is 0 Å². The largest absolute Gasteiger partial charge is 0.304 e. The fourth-order valence-electron chi connectivity index (χ4n) is 2.35. The molecule has 0 unspecified atom stereocenters. The Balaban J connectivity index is 2.45. The Bertz CT molecular complexity index is 558. The van der Waals surface area contributed by atoms with Gasteiger partial charge in [-0.1, -0.05) is 11.6 Å². The van der Waals surface area contributed by atoms with Crippen molar-refractivity contribution in [2.45, 2.75) is 27.2 Å². The van der Waals surface area contributed by atoms with Crippen molar-refractivity contribution in [1.82, 2.24) is 0 Å². The molecule has 0 radical (unpaired) electrons. The van der Waals surface area contributed by atoms with E-state index in [-0.39, 0.29) is 0 Å². The number of nitrogens with zero attached hydrogens (tertiary/aromatic N) is 1. The Morgan fingerprint density at radius 2 is 1.94 bits per heavy atom. The Kier molecular flexibility index (Phi) is 3.07. The van der Waals surface area contributed by atoms with Crippen LogP contribution in [0.2, 0.25) is 0 Å². The SMILES string of the molecule is C=C(C)CCN1C(=O)C(=O)c2cc(C)cc(C)c21. The summed E-state index contributed by atoms with van der Waals surface area (Å²) in [5, 5.41) is 0. The molecule has 0 fully saturated rings. The Labute approximate surface area is 107 Å². The van der Waals surface area contributed by atoms with E-state index in [1.54, 1.807) is 11.0 Å². The Morgan fingerprint density at radius 3 is 2.56 bits per heavy atom. The lowest BCUT2D eigenvalue weighted by Crippen LogP contribution is -2.31. The number of benzene rings is 1. The van der Waals surface area contributed by atoms with Crippen molar-refractivity contribution in [2.24, 2.45) is 0 Å². The lowest BCUT2D eigenvalue weighted by molar-refractivity contribution is -0.114. The third-order valence-electron chi connectivity index (χ3n) is 3.16. The summed E-state index contributed by atoms with van der Waals surface area (Å²) in [7, 11) is 0. The van der Waals surface area contributed by atoms with Gasteiger partial charge >= 0.3 is 0 Å². The van der Waals surface area contributed by atoms with Crippen molar-refractivity contribution in [3.8, 4) is 0 Å².